The average Bonchev–Trinajstić information content (AvgIpc) is 3.37. The van der Waals surface area contributed by atoms with Crippen molar-refractivity contribution in [2.24, 2.45) is 0 Å². The monoisotopic (exact) mass is 485 g/mol. The first-order valence-corrected chi connectivity index (χ1v) is 13.0. The van der Waals surface area contributed by atoms with Crippen LogP contribution in [0.5, 0.6) is 0 Å². The summed E-state index contributed by atoms with van der Waals surface area (Å²) in [5.41, 5.74) is 8.30. The topological polar surface area (TPSA) is 26.0 Å². The number of hydrogen-bond acceptors (Lipinski definition) is 2. The Hall–Kier alpha value is -4.95. The van der Waals surface area contributed by atoms with Gasteiger partial charge in [-0.1, -0.05) is 109 Å². The van der Waals surface area contributed by atoms with Gasteiger partial charge in [0.15, 0.2) is 0 Å². The Morgan fingerprint density at radius 3 is 1.71 bits per heavy atom. The lowest BCUT2D eigenvalue weighted by Gasteiger charge is -2.13. The van der Waals surface area contributed by atoms with Gasteiger partial charge < -0.3 is 4.42 Å². The number of pyridine rings is 1. The van der Waals surface area contributed by atoms with Crippen molar-refractivity contribution < 1.29 is 4.42 Å². The summed E-state index contributed by atoms with van der Waals surface area (Å²) >= 11 is 0. The molecular formula is C36H23NO. The van der Waals surface area contributed by atoms with Gasteiger partial charge in [0.25, 0.3) is 0 Å². The van der Waals surface area contributed by atoms with Crippen molar-refractivity contribution >= 4 is 54.4 Å². The number of rotatable bonds is 2. The summed E-state index contributed by atoms with van der Waals surface area (Å²) in [6, 6.07) is 42.9. The third kappa shape index (κ3) is 2.98. The minimum atomic E-state index is 0.918. The van der Waals surface area contributed by atoms with E-state index in [2.05, 4.69) is 128 Å². The van der Waals surface area contributed by atoms with Gasteiger partial charge in [-0.3, -0.25) is 0 Å². The van der Waals surface area contributed by atoms with Crippen LogP contribution in [0.2, 0.25) is 0 Å². The summed E-state index contributed by atoms with van der Waals surface area (Å²) in [4.78, 5) is 5.32. The highest BCUT2D eigenvalue weighted by Crippen LogP contribution is 2.41. The van der Waals surface area contributed by atoms with Gasteiger partial charge in [0.1, 0.15) is 11.2 Å². The van der Waals surface area contributed by atoms with Gasteiger partial charge >= 0.3 is 0 Å². The molecule has 0 saturated carbocycles. The molecule has 38 heavy (non-hydrogen) atoms. The van der Waals surface area contributed by atoms with Gasteiger partial charge in [0.05, 0.1) is 11.2 Å². The number of benzene rings is 6. The molecular weight excluding hydrogens is 462 g/mol. The van der Waals surface area contributed by atoms with Crippen LogP contribution in [0.15, 0.2) is 126 Å². The summed E-state index contributed by atoms with van der Waals surface area (Å²) in [6.07, 6.45) is 0. The van der Waals surface area contributed by atoms with Crippen LogP contribution in [0.3, 0.4) is 0 Å². The third-order valence-corrected chi connectivity index (χ3v) is 7.80. The largest absolute Gasteiger partial charge is 0.455 e. The Labute approximate surface area is 219 Å². The average molecular weight is 486 g/mol. The minimum Gasteiger partial charge on any atom is -0.455 e. The molecule has 8 rings (SSSR count). The van der Waals surface area contributed by atoms with Crippen molar-refractivity contribution in [1.29, 1.82) is 0 Å². The second-order valence-corrected chi connectivity index (χ2v) is 9.97. The fourth-order valence-corrected chi connectivity index (χ4v) is 6.02. The van der Waals surface area contributed by atoms with E-state index in [1.165, 1.54) is 26.9 Å². The lowest BCUT2D eigenvalue weighted by atomic mass is 9.94. The number of hydrogen-bond donors (Lipinski definition) is 0. The molecule has 0 unspecified atom stereocenters. The molecule has 0 spiro atoms. The maximum Gasteiger partial charge on any atom is 0.143 e. The Balaban J connectivity index is 1.42. The molecule has 178 valence electrons. The van der Waals surface area contributed by atoms with Crippen molar-refractivity contribution in [3.63, 3.8) is 0 Å². The van der Waals surface area contributed by atoms with Gasteiger partial charge in [-0.15, -0.1) is 0 Å². The van der Waals surface area contributed by atoms with Crippen LogP contribution < -0.4 is 0 Å². The summed E-state index contributed by atoms with van der Waals surface area (Å²) in [7, 11) is 0. The van der Waals surface area contributed by atoms with E-state index in [9.17, 15) is 0 Å². The second-order valence-electron chi connectivity index (χ2n) is 9.97. The van der Waals surface area contributed by atoms with Gasteiger partial charge in [0, 0.05) is 32.7 Å². The number of aromatic nitrogens is 1. The quantitative estimate of drug-likeness (QED) is 0.228. The smallest absolute Gasteiger partial charge is 0.143 e. The summed E-state index contributed by atoms with van der Waals surface area (Å²) < 4.78 is 6.52. The molecule has 0 fully saturated rings. The van der Waals surface area contributed by atoms with E-state index in [1.54, 1.807) is 0 Å². The molecule has 2 heterocycles. The van der Waals surface area contributed by atoms with Crippen LogP contribution in [0.1, 0.15) is 5.56 Å². The van der Waals surface area contributed by atoms with Crippen molar-refractivity contribution in [2.75, 3.05) is 0 Å². The zero-order chi connectivity index (χ0) is 25.2. The Kier molecular flexibility index (Phi) is 4.47. The van der Waals surface area contributed by atoms with Crippen molar-refractivity contribution in [3.05, 3.63) is 127 Å². The second kappa shape index (κ2) is 8.03. The maximum absolute atomic E-state index is 6.52. The zero-order valence-corrected chi connectivity index (χ0v) is 20.9. The van der Waals surface area contributed by atoms with Gasteiger partial charge in [-0.2, -0.15) is 0 Å². The molecule has 0 bridgehead atoms. The van der Waals surface area contributed by atoms with E-state index in [1.807, 2.05) is 0 Å². The first-order chi connectivity index (χ1) is 18.8. The fourth-order valence-electron chi connectivity index (χ4n) is 6.02. The highest BCUT2D eigenvalue weighted by molar-refractivity contribution is 6.24. The van der Waals surface area contributed by atoms with E-state index < -0.39 is 0 Å². The predicted octanol–water partition coefficient (Wildman–Crippen LogP) is 10.1. The molecule has 0 N–H and O–H groups in total. The van der Waals surface area contributed by atoms with E-state index >= 15 is 0 Å². The highest BCUT2D eigenvalue weighted by Gasteiger charge is 2.17. The lowest BCUT2D eigenvalue weighted by molar-refractivity contribution is 0.667. The van der Waals surface area contributed by atoms with E-state index in [-0.39, 0.29) is 0 Å². The van der Waals surface area contributed by atoms with E-state index in [0.717, 1.165) is 55.4 Å². The Bertz CT molecular complexity index is 2170. The maximum atomic E-state index is 6.52. The Morgan fingerprint density at radius 2 is 0.947 bits per heavy atom. The Morgan fingerprint density at radius 1 is 0.421 bits per heavy atom. The SMILES string of the molecule is Cc1cccc2c1oc1c(-c3ccccc3-c3ccc4c5ccccc5c5ccccc5c4n3)cccc12. The van der Waals surface area contributed by atoms with Gasteiger partial charge in [0.2, 0.25) is 0 Å². The normalized spacial score (nSPS) is 11.8. The van der Waals surface area contributed by atoms with E-state index in [0.29, 0.717) is 0 Å². The first-order valence-electron chi connectivity index (χ1n) is 13.0. The van der Waals surface area contributed by atoms with Gasteiger partial charge in [-0.25, -0.2) is 4.98 Å². The zero-order valence-electron chi connectivity index (χ0n) is 20.9. The minimum absolute atomic E-state index is 0.918. The molecule has 2 nitrogen and oxygen atoms in total. The van der Waals surface area contributed by atoms with Crippen LogP contribution >= 0.6 is 0 Å². The molecule has 0 aliphatic carbocycles. The molecule has 8 aromatic rings. The van der Waals surface area contributed by atoms with Crippen LogP contribution in [0, 0.1) is 6.92 Å². The van der Waals surface area contributed by atoms with Crippen LogP contribution in [0.4, 0.5) is 0 Å². The van der Waals surface area contributed by atoms with E-state index in [4.69, 9.17) is 9.40 Å². The highest BCUT2D eigenvalue weighted by atomic mass is 16.3. The standard InChI is InChI=1S/C36H23NO/c1-22-10-8-17-31-32-19-9-18-30(36(32)38-35(22)31)26-14-4-6-15-27(26)33-21-20-29-25-13-3-2-11-23(25)24-12-5-7-16-28(24)34(29)37-33/h2-21H,1H3. The summed E-state index contributed by atoms with van der Waals surface area (Å²) in [5, 5.41) is 8.37. The first kappa shape index (κ1) is 21.2. The van der Waals surface area contributed by atoms with Crippen LogP contribution in [-0.4, -0.2) is 4.98 Å². The van der Waals surface area contributed by atoms with Crippen molar-refractivity contribution in [2.45, 2.75) is 6.92 Å². The molecule has 0 aliphatic heterocycles. The van der Waals surface area contributed by atoms with Crippen LogP contribution in [-0.2, 0) is 0 Å². The molecule has 2 heteroatoms. The molecule has 2 aromatic heterocycles. The number of nitrogens with zero attached hydrogens (tertiary/aromatic N) is 1. The molecule has 0 saturated heterocycles. The number of furan rings is 1. The number of fused-ring (bicyclic) bond motifs is 9. The fraction of sp³-hybridized carbons (Fsp3) is 0.0278. The molecule has 6 aromatic carbocycles. The molecule has 0 radical (unpaired) electrons. The van der Waals surface area contributed by atoms with Crippen molar-refractivity contribution in [1.82, 2.24) is 4.98 Å². The number of aryl methyl sites for hydroxylation is 1. The van der Waals surface area contributed by atoms with Crippen molar-refractivity contribution in [3.8, 4) is 22.4 Å². The summed E-state index contributed by atoms with van der Waals surface area (Å²) in [5.74, 6) is 0. The molecule has 0 amide bonds. The molecule has 0 aliphatic rings. The third-order valence-electron chi connectivity index (χ3n) is 7.80. The number of para-hydroxylation sites is 2. The summed E-state index contributed by atoms with van der Waals surface area (Å²) in [6.45, 7) is 2.10. The van der Waals surface area contributed by atoms with Gasteiger partial charge in [-0.05, 0) is 46.3 Å². The predicted molar refractivity (Wildman–Crippen MR) is 160 cm³/mol. The molecule has 0 atom stereocenters. The lowest BCUT2D eigenvalue weighted by Crippen LogP contribution is -1.91. The van der Waals surface area contributed by atoms with Crippen LogP contribution in [0.25, 0.3) is 76.8 Å².